The number of carbonyl (C=O) groups excluding carboxylic acids is 1. The molecule has 5 heteroatoms. The smallest absolute Gasteiger partial charge is 0.294 e. The molecule has 0 saturated heterocycles. The molecule has 0 aromatic heterocycles. The van der Waals surface area contributed by atoms with Gasteiger partial charge in [-0.2, -0.15) is 13.2 Å². The topological polar surface area (TPSA) is 17.1 Å². The average molecular weight is 276 g/mol. The second kappa shape index (κ2) is 6.17. The minimum Gasteiger partial charge on any atom is -0.294 e. The lowest BCUT2D eigenvalue weighted by Gasteiger charge is -2.14. The van der Waals surface area contributed by atoms with Crippen molar-refractivity contribution in [2.75, 3.05) is 0 Å². The highest BCUT2D eigenvalue weighted by atomic mass is 19.4. The minimum atomic E-state index is -4.65. The molecule has 19 heavy (non-hydrogen) atoms. The van der Waals surface area contributed by atoms with Gasteiger partial charge < -0.3 is 0 Å². The van der Waals surface area contributed by atoms with Crippen molar-refractivity contribution in [1.82, 2.24) is 0 Å². The molecule has 0 spiro atoms. The normalized spacial score (nSPS) is 13.4. The number of halogens is 4. The van der Waals surface area contributed by atoms with E-state index in [1.54, 1.807) is 6.92 Å². The zero-order chi connectivity index (χ0) is 14.6. The SMILES string of the molecule is CCCC(C)CC(=O)c1cc(F)ccc1C(F)(F)F. The summed E-state index contributed by atoms with van der Waals surface area (Å²) in [5, 5.41) is 0. The van der Waals surface area contributed by atoms with Gasteiger partial charge in [-0.15, -0.1) is 0 Å². The second-order valence-corrected chi connectivity index (χ2v) is 4.71. The van der Waals surface area contributed by atoms with Crippen LogP contribution in [0.25, 0.3) is 0 Å². The van der Waals surface area contributed by atoms with E-state index >= 15 is 0 Å². The van der Waals surface area contributed by atoms with Gasteiger partial charge in [0.25, 0.3) is 0 Å². The first-order valence-corrected chi connectivity index (χ1v) is 6.15. The molecule has 1 aromatic rings. The summed E-state index contributed by atoms with van der Waals surface area (Å²) in [6.07, 6.45) is -3.04. The molecule has 0 bridgehead atoms. The van der Waals surface area contributed by atoms with Crippen LogP contribution in [0.4, 0.5) is 17.6 Å². The molecule has 0 heterocycles. The number of benzene rings is 1. The summed E-state index contributed by atoms with van der Waals surface area (Å²) < 4.78 is 51.3. The van der Waals surface area contributed by atoms with Gasteiger partial charge in [-0.1, -0.05) is 26.7 Å². The zero-order valence-electron chi connectivity index (χ0n) is 10.9. The lowest BCUT2D eigenvalue weighted by Crippen LogP contribution is -2.15. The fourth-order valence-electron chi connectivity index (χ4n) is 2.02. The lowest BCUT2D eigenvalue weighted by atomic mass is 9.93. The van der Waals surface area contributed by atoms with Gasteiger partial charge in [-0.25, -0.2) is 4.39 Å². The Kier molecular flexibility index (Phi) is 5.09. The van der Waals surface area contributed by atoms with Gasteiger partial charge in [-0.3, -0.25) is 4.79 Å². The second-order valence-electron chi connectivity index (χ2n) is 4.71. The number of hydrogen-bond donors (Lipinski definition) is 0. The third kappa shape index (κ3) is 4.33. The summed E-state index contributed by atoms with van der Waals surface area (Å²) in [5.41, 5.74) is -1.64. The van der Waals surface area contributed by atoms with E-state index in [9.17, 15) is 22.4 Å². The predicted octanol–water partition coefficient (Wildman–Crippen LogP) is 4.85. The van der Waals surface area contributed by atoms with Crippen LogP contribution in [0.1, 0.15) is 49.0 Å². The van der Waals surface area contributed by atoms with Crippen LogP contribution in [0.3, 0.4) is 0 Å². The number of ketones is 1. The Balaban J connectivity index is 3.04. The van der Waals surface area contributed by atoms with Crippen LogP contribution in [0.15, 0.2) is 18.2 Å². The summed E-state index contributed by atoms with van der Waals surface area (Å²) in [5.74, 6) is -1.51. The van der Waals surface area contributed by atoms with Crippen LogP contribution in [0, 0.1) is 11.7 Å². The Morgan fingerprint density at radius 2 is 1.95 bits per heavy atom. The first kappa shape index (κ1) is 15.7. The van der Waals surface area contributed by atoms with Crippen LogP contribution >= 0.6 is 0 Å². The molecule has 1 aromatic carbocycles. The molecule has 1 unspecified atom stereocenters. The Bertz CT molecular complexity index is 451. The number of alkyl halides is 3. The van der Waals surface area contributed by atoms with Crippen molar-refractivity contribution in [3.8, 4) is 0 Å². The van der Waals surface area contributed by atoms with Gasteiger partial charge in [-0.05, 0) is 24.1 Å². The Labute approximate surface area is 109 Å². The predicted molar refractivity (Wildman–Crippen MR) is 64.4 cm³/mol. The van der Waals surface area contributed by atoms with Gasteiger partial charge in [0.1, 0.15) is 5.82 Å². The van der Waals surface area contributed by atoms with Crippen molar-refractivity contribution >= 4 is 5.78 Å². The standard InChI is InChI=1S/C14H16F4O/c1-3-4-9(2)7-13(19)11-8-10(15)5-6-12(11)14(16,17)18/h5-6,8-9H,3-4,7H2,1-2H3. The van der Waals surface area contributed by atoms with Gasteiger partial charge in [0.05, 0.1) is 5.56 Å². The Morgan fingerprint density at radius 1 is 1.32 bits per heavy atom. The highest BCUT2D eigenvalue weighted by Gasteiger charge is 2.35. The summed E-state index contributed by atoms with van der Waals surface area (Å²) in [7, 11) is 0. The molecule has 0 saturated carbocycles. The largest absolute Gasteiger partial charge is 0.417 e. The highest BCUT2D eigenvalue weighted by molar-refractivity contribution is 5.97. The molecule has 1 rings (SSSR count). The van der Waals surface area contributed by atoms with Crippen LogP contribution in [0.2, 0.25) is 0 Å². The van der Waals surface area contributed by atoms with Gasteiger partial charge in [0.15, 0.2) is 5.78 Å². The maximum Gasteiger partial charge on any atom is 0.417 e. The molecule has 0 aliphatic rings. The molecular weight excluding hydrogens is 260 g/mol. The molecule has 0 amide bonds. The lowest BCUT2D eigenvalue weighted by molar-refractivity contribution is -0.138. The van der Waals surface area contributed by atoms with E-state index in [0.717, 1.165) is 18.9 Å². The van der Waals surface area contributed by atoms with E-state index in [-0.39, 0.29) is 12.3 Å². The van der Waals surface area contributed by atoms with Gasteiger partial charge >= 0.3 is 6.18 Å². The van der Waals surface area contributed by atoms with E-state index in [1.807, 2.05) is 6.92 Å². The number of rotatable bonds is 5. The first-order chi connectivity index (χ1) is 8.75. The first-order valence-electron chi connectivity index (χ1n) is 6.15. The van der Waals surface area contributed by atoms with E-state index in [4.69, 9.17) is 0 Å². The molecule has 0 aliphatic heterocycles. The van der Waals surface area contributed by atoms with Crippen molar-refractivity contribution < 1.29 is 22.4 Å². The minimum absolute atomic E-state index is 0.000370. The van der Waals surface area contributed by atoms with Gasteiger partial charge in [0.2, 0.25) is 0 Å². The average Bonchev–Trinajstić information content (AvgIpc) is 2.27. The maximum absolute atomic E-state index is 13.1. The summed E-state index contributed by atoms with van der Waals surface area (Å²) in [6, 6.07) is 2.01. The fraction of sp³-hybridized carbons (Fsp3) is 0.500. The van der Waals surface area contributed by atoms with E-state index < -0.39 is 28.9 Å². The van der Waals surface area contributed by atoms with Crippen molar-refractivity contribution in [2.45, 2.75) is 39.3 Å². The van der Waals surface area contributed by atoms with Crippen LogP contribution in [-0.4, -0.2) is 5.78 Å². The van der Waals surface area contributed by atoms with Crippen molar-refractivity contribution in [1.29, 1.82) is 0 Å². The molecule has 0 aliphatic carbocycles. The quantitative estimate of drug-likeness (QED) is 0.554. The summed E-state index contributed by atoms with van der Waals surface area (Å²) >= 11 is 0. The molecule has 1 nitrogen and oxygen atoms in total. The molecule has 106 valence electrons. The third-order valence-electron chi connectivity index (χ3n) is 2.90. The van der Waals surface area contributed by atoms with Crippen molar-refractivity contribution in [3.63, 3.8) is 0 Å². The molecule has 0 N–H and O–H groups in total. The number of Topliss-reactive ketones (excluding diaryl/α,β-unsaturated/α-hetero) is 1. The Hall–Kier alpha value is -1.39. The highest BCUT2D eigenvalue weighted by Crippen LogP contribution is 2.33. The third-order valence-corrected chi connectivity index (χ3v) is 2.90. The van der Waals surface area contributed by atoms with E-state index in [0.29, 0.717) is 12.1 Å². The number of carbonyl (C=O) groups is 1. The summed E-state index contributed by atoms with van der Waals surface area (Å²) in [4.78, 5) is 11.9. The zero-order valence-corrected chi connectivity index (χ0v) is 10.9. The molecule has 0 radical (unpaired) electrons. The van der Waals surface area contributed by atoms with Crippen molar-refractivity contribution in [3.05, 3.63) is 35.1 Å². The van der Waals surface area contributed by atoms with Gasteiger partial charge in [0, 0.05) is 12.0 Å². The van der Waals surface area contributed by atoms with Crippen molar-refractivity contribution in [2.24, 2.45) is 5.92 Å². The van der Waals surface area contributed by atoms with E-state index in [1.165, 1.54) is 0 Å². The monoisotopic (exact) mass is 276 g/mol. The van der Waals surface area contributed by atoms with Crippen LogP contribution < -0.4 is 0 Å². The number of hydrogen-bond acceptors (Lipinski definition) is 1. The van der Waals surface area contributed by atoms with Crippen LogP contribution in [-0.2, 0) is 6.18 Å². The molecule has 1 atom stereocenters. The summed E-state index contributed by atoms with van der Waals surface area (Å²) in [6.45, 7) is 3.73. The molecular formula is C14H16F4O. The maximum atomic E-state index is 13.1. The van der Waals surface area contributed by atoms with Crippen LogP contribution in [0.5, 0.6) is 0 Å². The fourth-order valence-corrected chi connectivity index (χ4v) is 2.02. The molecule has 0 fully saturated rings. The Morgan fingerprint density at radius 3 is 2.47 bits per heavy atom. The van der Waals surface area contributed by atoms with E-state index in [2.05, 4.69) is 0 Å².